The molecule has 1 aromatic heterocycles. The number of nitrogens with zero attached hydrogens (tertiary/aromatic N) is 2. The molecule has 2 aromatic carbocycles. The summed E-state index contributed by atoms with van der Waals surface area (Å²) < 4.78 is 27.8. The van der Waals surface area contributed by atoms with Gasteiger partial charge in [-0.25, -0.2) is 14.9 Å². The van der Waals surface area contributed by atoms with Crippen LogP contribution in [0, 0.1) is 5.82 Å². The fraction of sp³-hybridized carbons (Fsp3) is 0.375. The molecule has 0 radical (unpaired) electrons. The highest BCUT2D eigenvalue weighted by Gasteiger charge is 2.22. The Morgan fingerprint density at radius 3 is 2.63 bits per heavy atom. The Balaban J connectivity index is 0.00000210. The summed E-state index contributed by atoms with van der Waals surface area (Å²) >= 11 is 0. The first kappa shape index (κ1) is 28.2. The maximum absolute atomic E-state index is 14.7. The normalized spacial score (nSPS) is 12.5. The van der Waals surface area contributed by atoms with Gasteiger partial charge in [0.15, 0.2) is 0 Å². The summed E-state index contributed by atoms with van der Waals surface area (Å²) in [6.07, 6.45) is 2.76. The first-order chi connectivity index (χ1) is 16.8. The highest BCUT2D eigenvalue weighted by Crippen LogP contribution is 2.26. The molecule has 0 saturated carbocycles. The van der Waals surface area contributed by atoms with Crippen molar-refractivity contribution in [1.82, 2.24) is 20.5 Å². The third-order valence-corrected chi connectivity index (χ3v) is 6.38. The van der Waals surface area contributed by atoms with E-state index in [4.69, 9.17) is 10.0 Å². The van der Waals surface area contributed by atoms with E-state index < -0.39 is 27.8 Å². The van der Waals surface area contributed by atoms with Crippen molar-refractivity contribution in [3.63, 3.8) is 0 Å². The van der Waals surface area contributed by atoms with Crippen molar-refractivity contribution < 1.29 is 23.4 Å². The second kappa shape index (κ2) is 13.8. The Hall–Kier alpha value is -2.99. The summed E-state index contributed by atoms with van der Waals surface area (Å²) in [5.41, 5.74) is 5.99. The SMILES string of the molecule is CC.CCONCc1ccc(-c2ccc3c(=O)n(CCC(C(=O)NO)S(C)=O)cnc3c2)c(F)c1. The fourth-order valence-electron chi connectivity index (χ4n) is 3.40. The summed E-state index contributed by atoms with van der Waals surface area (Å²) in [6.45, 7) is 6.81. The van der Waals surface area contributed by atoms with E-state index in [9.17, 15) is 18.2 Å². The molecule has 11 heteroatoms. The average molecular weight is 507 g/mol. The second-order valence-electron chi connectivity index (χ2n) is 7.30. The van der Waals surface area contributed by atoms with Crippen LogP contribution in [0.15, 0.2) is 47.5 Å². The van der Waals surface area contributed by atoms with Crippen molar-refractivity contribution in [2.45, 2.75) is 45.5 Å². The Morgan fingerprint density at radius 1 is 1.26 bits per heavy atom. The largest absolute Gasteiger partial charge is 0.302 e. The van der Waals surface area contributed by atoms with E-state index in [0.29, 0.717) is 35.2 Å². The number of rotatable bonds is 10. The minimum Gasteiger partial charge on any atom is -0.302 e. The number of hydroxylamine groups is 2. The van der Waals surface area contributed by atoms with Crippen molar-refractivity contribution in [3.8, 4) is 11.1 Å². The van der Waals surface area contributed by atoms with Crippen LogP contribution >= 0.6 is 0 Å². The molecule has 1 heterocycles. The van der Waals surface area contributed by atoms with Crippen LogP contribution in [0.4, 0.5) is 4.39 Å². The van der Waals surface area contributed by atoms with Gasteiger partial charge in [0.1, 0.15) is 11.1 Å². The molecule has 0 spiro atoms. The van der Waals surface area contributed by atoms with E-state index in [-0.39, 0.29) is 18.5 Å². The smallest absolute Gasteiger partial charge is 0.261 e. The maximum Gasteiger partial charge on any atom is 0.261 e. The lowest BCUT2D eigenvalue weighted by Gasteiger charge is -2.13. The van der Waals surface area contributed by atoms with Crippen molar-refractivity contribution >= 4 is 27.6 Å². The van der Waals surface area contributed by atoms with Gasteiger partial charge in [-0.05, 0) is 42.7 Å². The monoisotopic (exact) mass is 506 g/mol. The van der Waals surface area contributed by atoms with E-state index in [1.807, 2.05) is 20.8 Å². The van der Waals surface area contributed by atoms with Gasteiger partial charge in [-0.15, -0.1) is 0 Å². The molecule has 190 valence electrons. The zero-order valence-corrected chi connectivity index (χ0v) is 21.0. The number of aromatic nitrogens is 2. The number of aryl methyl sites for hydroxylation is 1. The number of hydrogen-bond acceptors (Lipinski definition) is 7. The molecule has 0 bridgehead atoms. The Morgan fingerprint density at radius 2 is 2.00 bits per heavy atom. The summed E-state index contributed by atoms with van der Waals surface area (Å²) in [5.74, 6) is -1.18. The standard InChI is InChI=1S/C22H25FN4O5S.C2H6/c1-3-32-25-12-14-4-6-16(18(23)10-14)15-5-7-17-19(11-15)24-13-27(22(17)29)9-8-20(33(2)31)21(28)26-30;1-2/h4-7,10-11,13,20,25,30H,3,8-9,12H2,1-2H3,(H,26,28);1-2H3. The molecular weight excluding hydrogens is 475 g/mol. The molecule has 2 unspecified atom stereocenters. The molecule has 1 amide bonds. The highest BCUT2D eigenvalue weighted by molar-refractivity contribution is 7.85. The molecule has 0 aliphatic carbocycles. The molecule has 0 fully saturated rings. The first-order valence-corrected chi connectivity index (χ1v) is 12.9. The van der Waals surface area contributed by atoms with Crippen LogP contribution in [-0.2, 0) is 33.5 Å². The predicted molar refractivity (Wildman–Crippen MR) is 134 cm³/mol. The van der Waals surface area contributed by atoms with Crippen molar-refractivity contribution in [2.75, 3.05) is 12.9 Å². The number of fused-ring (bicyclic) bond motifs is 1. The quantitative estimate of drug-likeness (QED) is 0.220. The van der Waals surface area contributed by atoms with Crippen molar-refractivity contribution in [2.24, 2.45) is 0 Å². The summed E-state index contributed by atoms with van der Waals surface area (Å²) in [6, 6.07) is 9.74. The van der Waals surface area contributed by atoms with Crippen LogP contribution in [0.2, 0.25) is 0 Å². The van der Waals surface area contributed by atoms with E-state index in [1.165, 1.54) is 28.7 Å². The van der Waals surface area contributed by atoms with Gasteiger partial charge >= 0.3 is 0 Å². The number of carbonyl (C=O) groups is 1. The Labute approximate surface area is 205 Å². The van der Waals surface area contributed by atoms with Gasteiger partial charge in [0.2, 0.25) is 0 Å². The van der Waals surface area contributed by atoms with Gasteiger partial charge in [-0.2, -0.15) is 5.48 Å². The topological polar surface area (TPSA) is 123 Å². The molecule has 3 aromatic rings. The Kier molecular flexibility index (Phi) is 11.1. The first-order valence-electron chi connectivity index (χ1n) is 11.2. The third kappa shape index (κ3) is 7.25. The molecular formula is C24H31FN4O5S. The lowest BCUT2D eigenvalue weighted by atomic mass is 10.0. The number of halogens is 1. The van der Waals surface area contributed by atoms with Gasteiger partial charge < -0.3 is 4.84 Å². The lowest BCUT2D eigenvalue weighted by molar-refractivity contribution is -0.128. The number of nitrogens with one attached hydrogen (secondary N) is 2. The molecule has 2 atom stereocenters. The predicted octanol–water partition coefficient (Wildman–Crippen LogP) is 2.91. The zero-order chi connectivity index (χ0) is 26.0. The van der Waals surface area contributed by atoms with Crippen LogP contribution in [0.1, 0.15) is 32.8 Å². The van der Waals surface area contributed by atoms with E-state index >= 15 is 0 Å². The molecule has 9 nitrogen and oxygen atoms in total. The zero-order valence-electron chi connectivity index (χ0n) is 20.2. The minimum atomic E-state index is -1.53. The Bertz CT molecular complexity index is 1230. The molecule has 0 aliphatic heterocycles. The van der Waals surface area contributed by atoms with Crippen LogP contribution in [0.25, 0.3) is 22.0 Å². The molecule has 0 saturated heterocycles. The van der Waals surface area contributed by atoms with Crippen LogP contribution in [0.5, 0.6) is 0 Å². The number of carbonyl (C=O) groups excluding carboxylic acids is 1. The van der Waals surface area contributed by atoms with Crippen LogP contribution < -0.4 is 16.5 Å². The number of benzene rings is 2. The van der Waals surface area contributed by atoms with Crippen molar-refractivity contribution in [3.05, 3.63) is 64.5 Å². The molecule has 3 N–H and O–H groups in total. The van der Waals surface area contributed by atoms with E-state index in [2.05, 4.69) is 10.5 Å². The summed E-state index contributed by atoms with van der Waals surface area (Å²) in [7, 11) is -1.53. The molecule has 0 aliphatic rings. The van der Waals surface area contributed by atoms with Gasteiger partial charge in [0, 0.05) is 35.7 Å². The average Bonchev–Trinajstić information content (AvgIpc) is 2.86. The number of amides is 1. The van der Waals surface area contributed by atoms with Crippen molar-refractivity contribution in [1.29, 1.82) is 0 Å². The van der Waals surface area contributed by atoms with Crippen LogP contribution in [-0.4, -0.2) is 43.0 Å². The minimum absolute atomic E-state index is 0.0798. The molecule has 35 heavy (non-hydrogen) atoms. The van der Waals surface area contributed by atoms with Crippen LogP contribution in [0.3, 0.4) is 0 Å². The number of hydrogen-bond donors (Lipinski definition) is 3. The van der Waals surface area contributed by atoms with E-state index in [1.54, 1.807) is 30.3 Å². The van der Waals surface area contributed by atoms with Gasteiger partial charge in [0.05, 0.1) is 23.8 Å². The summed E-state index contributed by atoms with van der Waals surface area (Å²) in [4.78, 5) is 33.9. The summed E-state index contributed by atoms with van der Waals surface area (Å²) in [5, 5.41) is 8.17. The maximum atomic E-state index is 14.7. The molecule has 3 rings (SSSR count). The third-order valence-electron chi connectivity index (χ3n) is 5.13. The van der Waals surface area contributed by atoms with Gasteiger partial charge in [-0.3, -0.25) is 23.6 Å². The van der Waals surface area contributed by atoms with Gasteiger partial charge in [-0.1, -0.05) is 32.0 Å². The highest BCUT2D eigenvalue weighted by atomic mass is 32.2. The lowest BCUT2D eigenvalue weighted by Crippen LogP contribution is -2.36. The van der Waals surface area contributed by atoms with E-state index in [0.717, 1.165) is 5.56 Å². The van der Waals surface area contributed by atoms with Gasteiger partial charge in [0.25, 0.3) is 11.5 Å². The second-order valence-corrected chi connectivity index (χ2v) is 8.86. The fourth-order valence-corrected chi connectivity index (χ4v) is 4.19.